The van der Waals surface area contributed by atoms with Crippen LogP contribution in [0.15, 0.2) is 67.1 Å². The molecule has 2 aromatic carbocycles. The Morgan fingerprint density at radius 3 is 2.10 bits per heavy atom. The molecule has 3 rings (SSSR count). The molecule has 6 heteroatoms. The van der Waals surface area contributed by atoms with Crippen molar-refractivity contribution >= 4 is 0 Å². The molecule has 0 aliphatic heterocycles. The molecule has 0 aliphatic carbocycles. The number of allylic oxidation sites excluding steroid dienone is 1. The Kier molecular flexibility index (Phi) is 7.82. The fourth-order valence-corrected chi connectivity index (χ4v) is 3.20. The molecule has 31 heavy (non-hydrogen) atoms. The van der Waals surface area contributed by atoms with E-state index < -0.39 is 23.8 Å². The number of benzene rings is 2. The van der Waals surface area contributed by atoms with Crippen molar-refractivity contribution in [3.8, 4) is 17.0 Å². The lowest BCUT2D eigenvalue weighted by atomic mass is 10.0. The molecule has 0 aliphatic rings. The zero-order valence-electron chi connectivity index (χ0n) is 17.1. The molecule has 0 saturated heterocycles. The van der Waals surface area contributed by atoms with Gasteiger partial charge in [-0.05, 0) is 54.2 Å². The van der Waals surface area contributed by atoms with Gasteiger partial charge in [-0.25, -0.2) is 17.6 Å². The van der Waals surface area contributed by atoms with Crippen molar-refractivity contribution in [1.29, 1.82) is 0 Å². The second kappa shape index (κ2) is 10.8. The van der Waals surface area contributed by atoms with Gasteiger partial charge in [-0.15, -0.1) is 0 Å². The maximum Gasteiger partial charge on any atom is 0.260 e. The van der Waals surface area contributed by atoms with Crippen LogP contribution in [0.25, 0.3) is 11.3 Å². The standard InChI is InChI=1S/C25H23F4NO/c1-2-3-18-8-11-23(30-16-18)20-9-6-17(7-10-20)4-5-19-14-21(26)25(22(27)15-19)31-13-12-24(28)29/h6-16,24H,2-5H2,1H3. The summed E-state index contributed by atoms with van der Waals surface area (Å²) >= 11 is 0. The molecule has 162 valence electrons. The van der Waals surface area contributed by atoms with Crippen molar-refractivity contribution in [2.45, 2.75) is 39.0 Å². The van der Waals surface area contributed by atoms with E-state index in [0.29, 0.717) is 30.7 Å². The molecular weight excluding hydrogens is 406 g/mol. The zero-order chi connectivity index (χ0) is 22.2. The summed E-state index contributed by atoms with van der Waals surface area (Å²) in [4.78, 5) is 4.51. The van der Waals surface area contributed by atoms with Gasteiger partial charge in [0.05, 0.1) is 12.0 Å². The van der Waals surface area contributed by atoms with Gasteiger partial charge in [0.15, 0.2) is 17.4 Å². The maximum absolute atomic E-state index is 14.1. The lowest BCUT2D eigenvalue weighted by molar-refractivity contribution is 0.200. The minimum Gasteiger partial charge on any atom is -0.459 e. The molecule has 0 atom stereocenters. The highest BCUT2D eigenvalue weighted by atomic mass is 19.3. The predicted molar refractivity (Wildman–Crippen MR) is 113 cm³/mol. The highest BCUT2D eigenvalue weighted by Gasteiger charge is 2.12. The highest BCUT2D eigenvalue weighted by molar-refractivity contribution is 5.59. The first-order chi connectivity index (χ1) is 15.0. The number of pyridine rings is 1. The molecule has 0 amide bonds. The molecule has 0 saturated carbocycles. The molecule has 0 bridgehead atoms. The zero-order valence-corrected chi connectivity index (χ0v) is 17.1. The molecular formula is C25H23F4NO. The maximum atomic E-state index is 14.1. The molecule has 0 N–H and O–H groups in total. The van der Waals surface area contributed by atoms with Gasteiger partial charge in [0.2, 0.25) is 0 Å². The second-order valence-corrected chi connectivity index (χ2v) is 7.17. The van der Waals surface area contributed by atoms with E-state index >= 15 is 0 Å². The Morgan fingerprint density at radius 1 is 0.871 bits per heavy atom. The average molecular weight is 429 g/mol. The Morgan fingerprint density at radius 2 is 1.52 bits per heavy atom. The number of nitrogens with zero attached hydrogens (tertiary/aromatic N) is 1. The molecule has 1 aromatic heterocycles. The van der Waals surface area contributed by atoms with Gasteiger partial charge >= 0.3 is 0 Å². The third-order valence-electron chi connectivity index (χ3n) is 4.78. The lowest BCUT2D eigenvalue weighted by Crippen LogP contribution is -1.98. The third kappa shape index (κ3) is 6.41. The number of alkyl halides is 2. The predicted octanol–water partition coefficient (Wildman–Crippen LogP) is 6.92. The van der Waals surface area contributed by atoms with Gasteiger partial charge in [0.25, 0.3) is 6.43 Å². The Bertz CT molecular complexity index is 992. The smallest absolute Gasteiger partial charge is 0.260 e. The lowest BCUT2D eigenvalue weighted by Gasteiger charge is -2.08. The van der Waals surface area contributed by atoms with Gasteiger partial charge in [0.1, 0.15) is 0 Å². The van der Waals surface area contributed by atoms with Crippen LogP contribution in [0, 0.1) is 11.6 Å². The monoisotopic (exact) mass is 429 g/mol. The summed E-state index contributed by atoms with van der Waals surface area (Å²) in [6, 6.07) is 14.3. The van der Waals surface area contributed by atoms with E-state index in [2.05, 4.69) is 22.7 Å². The van der Waals surface area contributed by atoms with Crippen LogP contribution in [0.5, 0.6) is 5.75 Å². The molecule has 0 fully saturated rings. The molecule has 2 nitrogen and oxygen atoms in total. The van der Waals surface area contributed by atoms with E-state index in [1.807, 2.05) is 36.5 Å². The van der Waals surface area contributed by atoms with Crippen LogP contribution in [-0.2, 0) is 19.3 Å². The minimum absolute atomic E-state index is 0.408. The van der Waals surface area contributed by atoms with Crippen LogP contribution in [0.1, 0.15) is 30.0 Å². The third-order valence-corrected chi connectivity index (χ3v) is 4.78. The second-order valence-electron chi connectivity index (χ2n) is 7.17. The first-order valence-corrected chi connectivity index (χ1v) is 10.1. The van der Waals surface area contributed by atoms with Crippen LogP contribution in [0.2, 0.25) is 0 Å². The first-order valence-electron chi connectivity index (χ1n) is 10.1. The molecule has 0 radical (unpaired) electrons. The fraction of sp³-hybridized carbons (Fsp3) is 0.240. The fourth-order valence-electron chi connectivity index (χ4n) is 3.20. The summed E-state index contributed by atoms with van der Waals surface area (Å²) in [6.45, 7) is 2.13. The number of aromatic nitrogens is 1. The van der Waals surface area contributed by atoms with E-state index in [1.54, 1.807) is 0 Å². The van der Waals surface area contributed by atoms with Crippen molar-refractivity contribution in [2.24, 2.45) is 0 Å². The van der Waals surface area contributed by atoms with Crippen molar-refractivity contribution in [1.82, 2.24) is 4.98 Å². The number of halogens is 4. The first kappa shape index (κ1) is 22.5. The molecule has 1 heterocycles. The van der Waals surface area contributed by atoms with E-state index in [1.165, 1.54) is 5.56 Å². The highest BCUT2D eigenvalue weighted by Crippen LogP contribution is 2.25. The van der Waals surface area contributed by atoms with Gasteiger partial charge in [0, 0.05) is 17.8 Å². The summed E-state index contributed by atoms with van der Waals surface area (Å²) in [6.07, 6.45) is 3.23. The van der Waals surface area contributed by atoms with Gasteiger partial charge in [-0.3, -0.25) is 4.98 Å². The van der Waals surface area contributed by atoms with Crippen molar-refractivity contribution in [3.63, 3.8) is 0 Å². The number of aryl methyl sites for hydroxylation is 3. The summed E-state index contributed by atoms with van der Waals surface area (Å²) in [7, 11) is 0. The van der Waals surface area contributed by atoms with E-state index in [4.69, 9.17) is 0 Å². The molecule has 3 aromatic rings. The number of hydrogen-bond acceptors (Lipinski definition) is 2. The number of ether oxygens (including phenoxy) is 1. The summed E-state index contributed by atoms with van der Waals surface area (Å²) in [5.74, 6) is -2.55. The Balaban J connectivity index is 1.62. The molecule has 0 spiro atoms. The topological polar surface area (TPSA) is 22.1 Å². The summed E-state index contributed by atoms with van der Waals surface area (Å²) in [5.41, 5.74) is 4.59. The largest absolute Gasteiger partial charge is 0.459 e. The van der Waals surface area contributed by atoms with E-state index in [-0.39, 0.29) is 0 Å². The van der Waals surface area contributed by atoms with Crippen molar-refractivity contribution < 1.29 is 22.3 Å². The normalized spacial score (nSPS) is 11.4. The van der Waals surface area contributed by atoms with Crippen LogP contribution in [0.4, 0.5) is 17.6 Å². The van der Waals surface area contributed by atoms with E-state index in [0.717, 1.165) is 41.8 Å². The number of hydrogen-bond donors (Lipinski definition) is 0. The van der Waals surface area contributed by atoms with Gasteiger partial charge < -0.3 is 4.74 Å². The SMILES string of the molecule is CCCc1ccc(-c2ccc(CCc3cc(F)c(OC=CC(F)F)c(F)c3)cc2)nc1. The van der Waals surface area contributed by atoms with Crippen LogP contribution < -0.4 is 4.74 Å². The quantitative estimate of drug-likeness (QED) is 0.272. The Hall–Kier alpha value is -3.15. The Labute approximate surface area is 179 Å². The van der Waals surface area contributed by atoms with Gasteiger partial charge in [-0.1, -0.05) is 43.7 Å². The molecule has 0 unspecified atom stereocenters. The van der Waals surface area contributed by atoms with Crippen LogP contribution in [0.3, 0.4) is 0 Å². The van der Waals surface area contributed by atoms with Gasteiger partial charge in [-0.2, -0.15) is 0 Å². The average Bonchev–Trinajstić information content (AvgIpc) is 2.75. The summed E-state index contributed by atoms with van der Waals surface area (Å²) in [5, 5.41) is 0. The van der Waals surface area contributed by atoms with Crippen molar-refractivity contribution in [3.05, 3.63) is 95.4 Å². The van der Waals surface area contributed by atoms with Crippen LogP contribution >= 0.6 is 0 Å². The van der Waals surface area contributed by atoms with Crippen LogP contribution in [-0.4, -0.2) is 11.4 Å². The summed E-state index contributed by atoms with van der Waals surface area (Å²) < 4.78 is 57.0. The van der Waals surface area contributed by atoms with E-state index in [9.17, 15) is 17.6 Å². The van der Waals surface area contributed by atoms with Crippen molar-refractivity contribution in [2.75, 3.05) is 0 Å². The number of rotatable bonds is 9. The minimum atomic E-state index is -2.76.